The predicted octanol–water partition coefficient (Wildman–Crippen LogP) is 4.22. The first-order valence-electron chi connectivity index (χ1n) is 10.2. The van der Waals surface area contributed by atoms with E-state index in [-0.39, 0.29) is 11.8 Å². The van der Waals surface area contributed by atoms with Crippen LogP contribution in [0, 0.1) is 13.8 Å². The molecule has 0 unspecified atom stereocenters. The molecule has 0 aliphatic carbocycles. The molecule has 6 heteroatoms. The lowest BCUT2D eigenvalue weighted by Crippen LogP contribution is -2.23. The van der Waals surface area contributed by atoms with Crippen LogP contribution in [-0.2, 0) is 17.9 Å². The Morgan fingerprint density at radius 3 is 2.43 bits per heavy atom. The zero-order chi connectivity index (χ0) is 21.5. The summed E-state index contributed by atoms with van der Waals surface area (Å²) in [5.41, 5.74) is 5.46. The molecule has 3 rings (SSSR count). The van der Waals surface area contributed by atoms with E-state index in [9.17, 15) is 9.59 Å². The van der Waals surface area contributed by atoms with E-state index >= 15 is 0 Å². The van der Waals surface area contributed by atoms with Crippen LogP contribution in [-0.4, -0.2) is 21.6 Å². The molecular formula is C24H28N4O2. The summed E-state index contributed by atoms with van der Waals surface area (Å²) in [5.74, 6) is -0.107. The number of carbonyl (C=O) groups excluding carboxylic acids is 2. The summed E-state index contributed by atoms with van der Waals surface area (Å²) < 4.78 is 1.94. The van der Waals surface area contributed by atoms with Crippen molar-refractivity contribution in [1.29, 1.82) is 0 Å². The average Bonchev–Trinajstić information content (AvgIpc) is 3.04. The quantitative estimate of drug-likeness (QED) is 0.590. The summed E-state index contributed by atoms with van der Waals surface area (Å²) in [4.78, 5) is 24.2. The Kier molecular flexibility index (Phi) is 7.01. The Bertz CT molecular complexity index is 1020. The van der Waals surface area contributed by atoms with Gasteiger partial charge in [0.1, 0.15) is 0 Å². The van der Waals surface area contributed by atoms with Crippen molar-refractivity contribution in [2.75, 3.05) is 5.32 Å². The average molecular weight is 405 g/mol. The standard InChI is InChI=1S/C24H28N4O2/c1-4-6-23(29)26-22-11-9-19(10-12-22)15-25-24(30)21-8-5-7-20(14-21)16-28-18(3)13-17(2)27-28/h5,7-14H,4,6,15-16H2,1-3H3,(H,25,30)(H,26,29). The van der Waals surface area contributed by atoms with Gasteiger partial charge < -0.3 is 10.6 Å². The minimum atomic E-state index is -0.120. The van der Waals surface area contributed by atoms with E-state index < -0.39 is 0 Å². The van der Waals surface area contributed by atoms with Crippen LogP contribution in [0.5, 0.6) is 0 Å². The molecule has 2 amide bonds. The van der Waals surface area contributed by atoms with Crippen LogP contribution in [0.1, 0.15) is 52.6 Å². The zero-order valence-electron chi connectivity index (χ0n) is 17.7. The molecule has 2 aromatic carbocycles. The lowest BCUT2D eigenvalue weighted by molar-refractivity contribution is -0.116. The first-order chi connectivity index (χ1) is 14.4. The molecule has 0 saturated heterocycles. The number of benzene rings is 2. The molecular weight excluding hydrogens is 376 g/mol. The number of amides is 2. The summed E-state index contributed by atoms with van der Waals surface area (Å²) in [6.45, 7) is 7.02. The molecule has 30 heavy (non-hydrogen) atoms. The van der Waals surface area contributed by atoms with Crippen molar-refractivity contribution >= 4 is 17.5 Å². The fraction of sp³-hybridized carbons (Fsp3) is 0.292. The van der Waals surface area contributed by atoms with Crippen molar-refractivity contribution in [3.63, 3.8) is 0 Å². The topological polar surface area (TPSA) is 76.0 Å². The van der Waals surface area contributed by atoms with Gasteiger partial charge in [-0.1, -0.05) is 31.2 Å². The summed E-state index contributed by atoms with van der Waals surface area (Å²) >= 11 is 0. The van der Waals surface area contributed by atoms with Crippen molar-refractivity contribution in [1.82, 2.24) is 15.1 Å². The minimum Gasteiger partial charge on any atom is -0.348 e. The smallest absolute Gasteiger partial charge is 0.251 e. The van der Waals surface area contributed by atoms with Gasteiger partial charge in [-0.25, -0.2) is 0 Å². The highest BCUT2D eigenvalue weighted by Gasteiger charge is 2.08. The van der Waals surface area contributed by atoms with Crippen molar-refractivity contribution in [2.45, 2.75) is 46.7 Å². The number of hydrogen-bond acceptors (Lipinski definition) is 3. The van der Waals surface area contributed by atoms with Gasteiger partial charge in [-0.2, -0.15) is 5.10 Å². The maximum atomic E-state index is 12.6. The highest BCUT2D eigenvalue weighted by atomic mass is 16.2. The van der Waals surface area contributed by atoms with E-state index in [4.69, 9.17) is 0 Å². The van der Waals surface area contributed by atoms with Crippen LogP contribution >= 0.6 is 0 Å². The van der Waals surface area contributed by atoms with E-state index in [2.05, 4.69) is 15.7 Å². The third-order valence-electron chi connectivity index (χ3n) is 4.79. The summed E-state index contributed by atoms with van der Waals surface area (Å²) in [6.07, 6.45) is 1.33. The van der Waals surface area contributed by atoms with Gasteiger partial charge in [-0.15, -0.1) is 0 Å². The molecule has 0 radical (unpaired) electrons. The van der Waals surface area contributed by atoms with Gasteiger partial charge in [0.15, 0.2) is 0 Å². The van der Waals surface area contributed by atoms with E-state index in [1.807, 2.05) is 80.1 Å². The number of rotatable bonds is 8. The monoisotopic (exact) mass is 404 g/mol. The van der Waals surface area contributed by atoms with Crippen LogP contribution in [0.3, 0.4) is 0 Å². The Morgan fingerprint density at radius 1 is 1.00 bits per heavy atom. The van der Waals surface area contributed by atoms with E-state index in [1.54, 1.807) is 0 Å². The molecule has 0 bridgehead atoms. The normalized spacial score (nSPS) is 10.6. The molecule has 0 spiro atoms. The van der Waals surface area contributed by atoms with E-state index in [1.165, 1.54) is 0 Å². The number of anilines is 1. The van der Waals surface area contributed by atoms with Gasteiger partial charge in [-0.05, 0) is 61.7 Å². The second kappa shape index (κ2) is 9.87. The second-order valence-corrected chi connectivity index (χ2v) is 7.46. The Hall–Kier alpha value is -3.41. The fourth-order valence-corrected chi connectivity index (χ4v) is 3.26. The first-order valence-corrected chi connectivity index (χ1v) is 10.2. The number of aromatic nitrogens is 2. The number of nitrogens with one attached hydrogen (secondary N) is 2. The van der Waals surface area contributed by atoms with Gasteiger partial charge >= 0.3 is 0 Å². The number of nitrogens with zero attached hydrogens (tertiary/aromatic N) is 2. The predicted molar refractivity (Wildman–Crippen MR) is 118 cm³/mol. The zero-order valence-corrected chi connectivity index (χ0v) is 17.7. The third-order valence-corrected chi connectivity index (χ3v) is 4.79. The molecule has 156 valence electrons. The molecule has 1 aromatic heterocycles. The third kappa shape index (κ3) is 5.80. The lowest BCUT2D eigenvalue weighted by Gasteiger charge is -2.09. The van der Waals surface area contributed by atoms with Crippen molar-refractivity contribution in [3.8, 4) is 0 Å². The Morgan fingerprint density at radius 2 is 1.77 bits per heavy atom. The van der Waals surface area contributed by atoms with Crippen molar-refractivity contribution in [2.24, 2.45) is 0 Å². The van der Waals surface area contributed by atoms with Gasteiger partial charge in [0, 0.05) is 29.9 Å². The number of hydrogen-bond donors (Lipinski definition) is 2. The molecule has 0 saturated carbocycles. The lowest BCUT2D eigenvalue weighted by atomic mass is 10.1. The first kappa shape index (κ1) is 21.3. The maximum absolute atomic E-state index is 12.6. The molecule has 2 N–H and O–H groups in total. The van der Waals surface area contributed by atoms with Crippen LogP contribution in [0.2, 0.25) is 0 Å². The van der Waals surface area contributed by atoms with Gasteiger partial charge in [0.05, 0.1) is 12.2 Å². The van der Waals surface area contributed by atoms with Crippen molar-refractivity contribution in [3.05, 3.63) is 82.7 Å². The van der Waals surface area contributed by atoms with Gasteiger partial charge in [0.25, 0.3) is 5.91 Å². The molecule has 3 aromatic rings. The maximum Gasteiger partial charge on any atom is 0.251 e. The van der Waals surface area contributed by atoms with Gasteiger partial charge in [-0.3, -0.25) is 14.3 Å². The number of carbonyl (C=O) groups is 2. The molecule has 0 atom stereocenters. The molecule has 0 aliphatic rings. The highest BCUT2D eigenvalue weighted by Crippen LogP contribution is 2.12. The summed E-state index contributed by atoms with van der Waals surface area (Å²) in [5, 5.41) is 10.3. The van der Waals surface area contributed by atoms with Crippen LogP contribution in [0.25, 0.3) is 0 Å². The van der Waals surface area contributed by atoms with Crippen LogP contribution in [0.15, 0.2) is 54.6 Å². The largest absolute Gasteiger partial charge is 0.348 e. The Balaban J connectivity index is 1.57. The molecule has 0 fully saturated rings. The van der Waals surface area contributed by atoms with Crippen LogP contribution in [0.4, 0.5) is 5.69 Å². The Labute approximate surface area is 177 Å². The highest BCUT2D eigenvalue weighted by molar-refractivity contribution is 5.94. The SMILES string of the molecule is CCCC(=O)Nc1ccc(CNC(=O)c2cccc(Cn3nc(C)cc3C)c2)cc1. The molecule has 6 nitrogen and oxygen atoms in total. The van der Waals surface area contributed by atoms with Crippen LogP contribution < -0.4 is 10.6 Å². The minimum absolute atomic E-state index is 0.0129. The van der Waals surface area contributed by atoms with E-state index in [0.29, 0.717) is 25.1 Å². The summed E-state index contributed by atoms with van der Waals surface area (Å²) in [6, 6.07) is 17.2. The van der Waals surface area contributed by atoms with E-state index in [0.717, 1.165) is 34.6 Å². The van der Waals surface area contributed by atoms with Gasteiger partial charge in [0.2, 0.25) is 5.91 Å². The second-order valence-electron chi connectivity index (χ2n) is 7.46. The summed E-state index contributed by atoms with van der Waals surface area (Å²) in [7, 11) is 0. The number of aryl methyl sites for hydroxylation is 2. The fourth-order valence-electron chi connectivity index (χ4n) is 3.26. The van der Waals surface area contributed by atoms with Crippen molar-refractivity contribution < 1.29 is 9.59 Å². The molecule has 0 aliphatic heterocycles. The molecule has 1 heterocycles.